The van der Waals surface area contributed by atoms with E-state index in [0.717, 1.165) is 17.4 Å². The Balaban J connectivity index is 1.41. The fraction of sp³-hybridized carbons (Fsp3) is 0.273. The Kier molecular flexibility index (Phi) is 5.51. The van der Waals surface area contributed by atoms with Crippen molar-refractivity contribution in [2.24, 2.45) is 5.73 Å². The van der Waals surface area contributed by atoms with Gasteiger partial charge in [-0.25, -0.2) is 4.79 Å². The highest BCUT2D eigenvalue weighted by atomic mass is 32.1. The fourth-order valence-corrected chi connectivity index (χ4v) is 4.58. The zero-order valence-electron chi connectivity index (χ0n) is 15.8. The van der Waals surface area contributed by atoms with Gasteiger partial charge < -0.3 is 21.5 Å². The molecule has 4 rings (SSSR count). The molecule has 7 heteroatoms. The molecular weight excluding hydrogens is 386 g/mol. The summed E-state index contributed by atoms with van der Waals surface area (Å²) in [7, 11) is 0. The molecule has 1 fully saturated rings. The Morgan fingerprint density at radius 1 is 1.17 bits per heavy atom. The monoisotopic (exact) mass is 409 g/mol. The van der Waals surface area contributed by atoms with Gasteiger partial charge in [-0.05, 0) is 59.4 Å². The number of aryl methyl sites for hydroxylation is 1. The maximum atomic E-state index is 12.7. The predicted octanol–water partition coefficient (Wildman–Crippen LogP) is 3.92. The van der Waals surface area contributed by atoms with Crippen molar-refractivity contribution in [3.63, 3.8) is 0 Å². The van der Waals surface area contributed by atoms with Gasteiger partial charge in [0.25, 0.3) is 0 Å². The molecule has 3 aromatic rings. The number of hydrogen-bond donors (Lipinski definition) is 4. The lowest BCUT2D eigenvalue weighted by atomic mass is 10.0. The number of carbonyl (C=O) groups excluding carboxylic acids is 1. The molecule has 1 aliphatic carbocycles. The number of amides is 2. The maximum absolute atomic E-state index is 12.7. The summed E-state index contributed by atoms with van der Waals surface area (Å²) in [6, 6.07) is 15.1. The van der Waals surface area contributed by atoms with Crippen molar-refractivity contribution in [2.45, 2.75) is 37.3 Å². The van der Waals surface area contributed by atoms with E-state index in [1.54, 1.807) is 11.3 Å². The van der Waals surface area contributed by atoms with Gasteiger partial charge in [-0.3, -0.25) is 4.79 Å². The fourth-order valence-electron chi connectivity index (χ4n) is 3.59. The van der Waals surface area contributed by atoms with Crippen LogP contribution in [0.5, 0.6) is 0 Å². The third-order valence-corrected chi connectivity index (χ3v) is 6.34. The third-order valence-electron chi connectivity index (χ3n) is 5.32. The summed E-state index contributed by atoms with van der Waals surface area (Å²) < 4.78 is 1.19. The lowest BCUT2D eigenvalue weighted by molar-refractivity contribution is -0.118. The number of rotatable bonds is 7. The summed E-state index contributed by atoms with van der Waals surface area (Å²) in [6.45, 7) is 0. The zero-order chi connectivity index (χ0) is 20.4. The molecule has 0 spiro atoms. The molecule has 0 saturated heterocycles. The van der Waals surface area contributed by atoms with E-state index < -0.39 is 12.1 Å². The van der Waals surface area contributed by atoms with Crippen LogP contribution in [-0.4, -0.2) is 29.2 Å². The number of carboxylic acid groups (broad SMARTS) is 1. The molecule has 2 amide bonds. The van der Waals surface area contributed by atoms with Crippen LogP contribution in [0.15, 0.2) is 53.9 Å². The Labute approximate surface area is 172 Å². The molecule has 0 radical (unpaired) electrons. The van der Waals surface area contributed by atoms with Gasteiger partial charge in [0.2, 0.25) is 5.91 Å². The highest BCUT2D eigenvalue weighted by Gasteiger charge is 2.34. The van der Waals surface area contributed by atoms with Crippen molar-refractivity contribution in [1.82, 2.24) is 5.32 Å². The first-order valence-corrected chi connectivity index (χ1v) is 10.5. The number of thiophene rings is 1. The number of hydrogen-bond acceptors (Lipinski definition) is 4. The van der Waals surface area contributed by atoms with Crippen LogP contribution in [0.4, 0.5) is 10.5 Å². The summed E-state index contributed by atoms with van der Waals surface area (Å²) in [5.41, 5.74) is 8.82. The zero-order valence-corrected chi connectivity index (χ0v) is 16.6. The number of anilines is 1. The maximum Gasteiger partial charge on any atom is 0.405 e. The Morgan fingerprint density at radius 2 is 1.90 bits per heavy atom. The normalized spacial score (nSPS) is 18.9. The average molecular weight is 410 g/mol. The molecular formula is C22H23N3O3S. The minimum atomic E-state index is -1.21. The molecule has 1 heterocycles. The standard InChI is InChI=1S/C22H23N3O3S/c23-18-11-17(18)13-5-8-15(9-6-13)24-21(26)19(25-22(27)28)10-7-14-12-29-20-4-2-1-3-16(14)20/h1-6,8-9,12,17-19,25H,7,10-11,23H2,(H,24,26)(H,27,28). The van der Waals surface area contributed by atoms with Gasteiger partial charge >= 0.3 is 6.09 Å². The Morgan fingerprint density at radius 3 is 2.59 bits per heavy atom. The van der Waals surface area contributed by atoms with E-state index in [2.05, 4.69) is 22.1 Å². The largest absolute Gasteiger partial charge is 0.465 e. The van der Waals surface area contributed by atoms with Crippen LogP contribution in [0.25, 0.3) is 10.1 Å². The predicted molar refractivity (Wildman–Crippen MR) is 115 cm³/mol. The second-order valence-corrected chi connectivity index (χ2v) is 8.33. The SMILES string of the molecule is NC1CC1c1ccc(NC(=O)C(CCc2csc3ccccc23)NC(=O)O)cc1. The summed E-state index contributed by atoms with van der Waals surface area (Å²) >= 11 is 1.65. The van der Waals surface area contributed by atoms with E-state index in [0.29, 0.717) is 24.4 Å². The molecule has 1 aliphatic rings. The third kappa shape index (κ3) is 4.58. The molecule has 1 aromatic heterocycles. The van der Waals surface area contributed by atoms with Crippen LogP contribution >= 0.6 is 11.3 Å². The van der Waals surface area contributed by atoms with E-state index in [9.17, 15) is 9.59 Å². The molecule has 6 nitrogen and oxygen atoms in total. The lowest BCUT2D eigenvalue weighted by Crippen LogP contribution is -2.43. The highest BCUT2D eigenvalue weighted by molar-refractivity contribution is 7.17. The number of nitrogens with one attached hydrogen (secondary N) is 2. The highest BCUT2D eigenvalue weighted by Crippen LogP contribution is 2.39. The average Bonchev–Trinajstić information content (AvgIpc) is 3.30. The molecule has 3 atom stereocenters. The quantitative estimate of drug-likeness (QED) is 0.475. The second-order valence-electron chi connectivity index (χ2n) is 7.42. The number of carbonyl (C=O) groups is 2. The topological polar surface area (TPSA) is 104 Å². The van der Waals surface area contributed by atoms with Crippen molar-refractivity contribution < 1.29 is 14.7 Å². The minimum absolute atomic E-state index is 0.229. The van der Waals surface area contributed by atoms with E-state index in [1.807, 2.05) is 42.5 Å². The van der Waals surface area contributed by atoms with Crippen LogP contribution in [0.2, 0.25) is 0 Å². The first-order valence-electron chi connectivity index (χ1n) is 9.62. The number of benzene rings is 2. The van der Waals surface area contributed by atoms with Crippen molar-refractivity contribution in [3.05, 3.63) is 65.0 Å². The van der Waals surface area contributed by atoms with Gasteiger partial charge in [-0.1, -0.05) is 30.3 Å². The first-order chi connectivity index (χ1) is 14.0. The van der Waals surface area contributed by atoms with Crippen LogP contribution in [0.1, 0.15) is 29.9 Å². The van der Waals surface area contributed by atoms with Crippen molar-refractivity contribution in [1.29, 1.82) is 0 Å². The summed E-state index contributed by atoms with van der Waals surface area (Å²) in [5.74, 6) is 0.0458. The van der Waals surface area contributed by atoms with E-state index in [1.165, 1.54) is 10.3 Å². The molecule has 150 valence electrons. The summed E-state index contributed by atoms with van der Waals surface area (Å²) in [4.78, 5) is 23.9. The molecule has 2 aromatic carbocycles. The van der Waals surface area contributed by atoms with Crippen LogP contribution in [-0.2, 0) is 11.2 Å². The minimum Gasteiger partial charge on any atom is -0.465 e. The molecule has 3 unspecified atom stereocenters. The second kappa shape index (κ2) is 8.23. The van der Waals surface area contributed by atoms with E-state index >= 15 is 0 Å². The Bertz CT molecular complexity index is 1030. The summed E-state index contributed by atoms with van der Waals surface area (Å²) in [6.07, 6.45) is 0.779. The Hall–Kier alpha value is -2.90. The number of fused-ring (bicyclic) bond motifs is 1. The van der Waals surface area contributed by atoms with Gasteiger partial charge in [0.05, 0.1) is 0 Å². The molecule has 29 heavy (non-hydrogen) atoms. The molecule has 0 bridgehead atoms. The molecule has 5 N–H and O–H groups in total. The lowest BCUT2D eigenvalue weighted by Gasteiger charge is -2.17. The number of nitrogens with two attached hydrogens (primary N) is 1. The van der Waals surface area contributed by atoms with Crippen LogP contribution < -0.4 is 16.4 Å². The smallest absolute Gasteiger partial charge is 0.405 e. The van der Waals surface area contributed by atoms with Gasteiger partial charge in [-0.15, -0.1) is 11.3 Å². The van der Waals surface area contributed by atoms with Crippen molar-refractivity contribution in [3.8, 4) is 0 Å². The van der Waals surface area contributed by atoms with Crippen LogP contribution in [0, 0.1) is 0 Å². The van der Waals surface area contributed by atoms with Gasteiger partial charge in [0, 0.05) is 22.3 Å². The van der Waals surface area contributed by atoms with Crippen molar-refractivity contribution >= 4 is 39.1 Å². The van der Waals surface area contributed by atoms with Gasteiger partial charge in [0.15, 0.2) is 0 Å². The first kappa shape index (κ1) is 19.4. The van der Waals surface area contributed by atoms with Gasteiger partial charge in [-0.2, -0.15) is 0 Å². The van der Waals surface area contributed by atoms with Crippen molar-refractivity contribution in [2.75, 3.05) is 5.32 Å². The molecule has 0 aliphatic heterocycles. The summed E-state index contributed by atoms with van der Waals surface area (Å²) in [5, 5.41) is 17.5. The van der Waals surface area contributed by atoms with Gasteiger partial charge in [0.1, 0.15) is 6.04 Å². The molecule has 1 saturated carbocycles. The van der Waals surface area contributed by atoms with Crippen LogP contribution in [0.3, 0.4) is 0 Å². The van der Waals surface area contributed by atoms with E-state index in [-0.39, 0.29) is 11.9 Å². The van der Waals surface area contributed by atoms with E-state index in [4.69, 9.17) is 10.8 Å².